The van der Waals surface area contributed by atoms with E-state index >= 15 is 0 Å². The van der Waals surface area contributed by atoms with Crippen LogP contribution in [0.15, 0.2) is 18.2 Å². The van der Waals surface area contributed by atoms with Crippen LogP contribution in [0.25, 0.3) is 0 Å². The Labute approximate surface area is 132 Å². The average Bonchev–Trinajstić information content (AvgIpc) is 2.84. The number of likely N-dealkylation sites (tertiary alicyclic amines) is 1. The van der Waals surface area contributed by atoms with Gasteiger partial charge < -0.3 is 9.80 Å². The molecule has 7 heteroatoms. The summed E-state index contributed by atoms with van der Waals surface area (Å²) in [5.74, 6) is 0.0761. The number of nitrogens with zero attached hydrogens (tertiary/aromatic N) is 2. The van der Waals surface area contributed by atoms with Gasteiger partial charge in [-0.25, -0.2) is 0 Å². The van der Waals surface area contributed by atoms with Crippen LogP contribution in [0.1, 0.15) is 22.3 Å². The Hall–Kier alpha value is -1.27. The number of alkyl halides is 3. The highest BCUT2D eigenvalue weighted by atomic mass is 35.5. The first-order valence-corrected chi connectivity index (χ1v) is 7.37. The highest BCUT2D eigenvalue weighted by molar-refractivity contribution is 6.33. The van der Waals surface area contributed by atoms with Gasteiger partial charge in [-0.1, -0.05) is 11.6 Å². The second-order valence-corrected chi connectivity index (χ2v) is 6.27. The Morgan fingerprint density at radius 3 is 2.64 bits per heavy atom. The molecule has 1 aromatic rings. The molecule has 1 saturated heterocycles. The Morgan fingerprint density at radius 2 is 2.09 bits per heavy atom. The van der Waals surface area contributed by atoms with Crippen LogP contribution >= 0.6 is 11.6 Å². The maximum absolute atomic E-state index is 12.6. The monoisotopic (exact) mass is 334 g/mol. The van der Waals surface area contributed by atoms with E-state index in [2.05, 4.69) is 4.90 Å². The molecular formula is C15H18ClF3N2O. The number of amides is 1. The van der Waals surface area contributed by atoms with Crippen molar-refractivity contribution >= 4 is 17.5 Å². The molecule has 0 aromatic heterocycles. The van der Waals surface area contributed by atoms with E-state index in [4.69, 9.17) is 11.6 Å². The van der Waals surface area contributed by atoms with Crippen molar-refractivity contribution in [3.63, 3.8) is 0 Å². The summed E-state index contributed by atoms with van der Waals surface area (Å²) >= 11 is 5.87. The smallest absolute Gasteiger partial charge is 0.338 e. The molecule has 0 N–H and O–H groups in total. The van der Waals surface area contributed by atoms with Gasteiger partial charge >= 0.3 is 6.18 Å². The lowest BCUT2D eigenvalue weighted by Crippen LogP contribution is -2.31. The normalized spacial score (nSPS) is 19.0. The summed E-state index contributed by atoms with van der Waals surface area (Å²) in [6, 6.07) is 2.86. The van der Waals surface area contributed by atoms with Gasteiger partial charge in [0.2, 0.25) is 0 Å². The van der Waals surface area contributed by atoms with Crippen molar-refractivity contribution in [2.75, 3.05) is 33.7 Å². The summed E-state index contributed by atoms with van der Waals surface area (Å²) in [5.41, 5.74) is -0.721. The molecule has 1 heterocycles. The van der Waals surface area contributed by atoms with Crippen LogP contribution in [0.3, 0.4) is 0 Å². The molecule has 0 saturated carbocycles. The quantitative estimate of drug-likeness (QED) is 0.846. The first-order chi connectivity index (χ1) is 10.2. The lowest BCUT2D eigenvalue weighted by molar-refractivity contribution is -0.137. The molecule has 1 aromatic carbocycles. The Morgan fingerprint density at radius 1 is 1.41 bits per heavy atom. The minimum Gasteiger partial charge on any atom is -0.338 e. The summed E-state index contributed by atoms with van der Waals surface area (Å²) in [4.78, 5) is 16.1. The average molecular weight is 335 g/mol. The molecule has 0 bridgehead atoms. The van der Waals surface area contributed by atoms with E-state index in [-0.39, 0.29) is 16.5 Å². The van der Waals surface area contributed by atoms with E-state index < -0.39 is 11.7 Å². The van der Waals surface area contributed by atoms with E-state index in [9.17, 15) is 18.0 Å². The van der Waals surface area contributed by atoms with Crippen molar-refractivity contribution in [3.8, 4) is 0 Å². The van der Waals surface area contributed by atoms with Crippen LogP contribution in [-0.4, -0.2) is 49.4 Å². The Kier molecular flexibility index (Phi) is 5.02. The molecular weight excluding hydrogens is 317 g/mol. The zero-order chi connectivity index (χ0) is 16.5. The second-order valence-electron chi connectivity index (χ2n) is 5.86. The predicted molar refractivity (Wildman–Crippen MR) is 79.0 cm³/mol. The first-order valence-electron chi connectivity index (χ1n) is 6.99. The molecule has 0 radical (unpaired) electrons. The lowest BCUT2D eigenvalue weighted by Gasteiger charge is -2.19. The fourth-order valence-corrected chi connectivity index (χ4v) is 2.98. The van der Waals surface area contributed by atoms with Crippen LogP contribution in [0.2, 0.25) is 5.02 Å². The van der Waals surface area contributed by atoms with Gasteiger partial charge in [-0.05, 0) is 44.6 Å². The van der Waals surface area contributed by atoms with Crippen molar-refractivity contribution in [1.29, 1.82) is 0 Å². The summed E-state index contributed by atoms with van der Waals surface area (Å²) in [5, 5.41) is -0.157. The van der Waals surface area contributed by atoms with Crippen LogP contribution < -0.4 is 0 Å². The maximum atomic E-state index is 12.6. The zero-order valence-corrected chi connectivity index (χ0v) is 13.2. The summed E-state index contributed by atoms with van der Waals surface area (Å²) in [6.07, 6.45) is -3.57. The molecule has 1 amide bonds. The maximum Gasteiger partial charge on any atom is 0.416 e. The fraction of sp³-hybridized carbons (Fsp3) is 0.533. The minimum absolute atomic E-state index is 0.125. The van der Waals surface area contributed by atoms with Crippen molar-refractivity contribution in [3.05, 3.63) is 34.3 Å². The van der Waals surface area contributed by atoms with Crippen LogP contribution in [-0.2, 0) is 6.18 Å². The van der Waals surface area contributed by atoms with E-state index in [0.717, 1.165) is 31.2 Å². The number of hydrogen-bond donors (Lipinski definition) is 0. The minimum atomic E-state index is -4.46. The number of carbonyl (C=O) groups excluding carboxylic acids is 1. The van der Waals surface area contributed by atoms with E-state index in [1.165, 1.54) is 0 Å². The lowest BCUT2D eigenvalue weighted by atomic mass is 10.1. The van der Waals surface area contributed by atoms with Crippen molar-refractivity contribution < 1.29 is 18.0 Å². The predicted octanol–water partition coefficient (Wildman–Crippen LogP) is 3.38. The van der Waals surface area contributed by atoms with Gasteiger partial charge in [-0.15, -0.1) is 0 Å². The number of carbonyl (C=O) groups is 1. The molecule has 2 rings (SSSR count). The summed E-state index contributed by atoms with van der Waals surface area (Å²) in [7, 11) is 3.94. The topological polar surface area (TPSA) is 23.6 Å². The van der Waals surface area contributed by atoms with Gasteiger partial charge in [0, 0.05) is 19.6 Å². The number of hydrogen-bond acceptors (Lipinski definition) is 2. The van der Waals surface area contributed by atoms with Gasteiger partial charge in [0.05, 0.1) is 16.1 Å². The molecule has 0 unspecified atom stereocenters. The Balaban J connectivity index is 2.11. The Bertz CT molecular complexity index is 560. The third-order valence-electron chi connectivity index (χ3n) is 3.72. The van der Waals surface area contributed by atoms with Gasteiger partial charge in [0.1, 0.15) is 0 Å². The van der Waals surface area contributed by atoms with Crippen molar-refractivity contribution in [1.82, 2.24) is 9.80 Å². The van der Waals surface area contributed by atoms with Gasteiger partial charge in [-0.2, -0.15) is 13.2 Å². The summed E-state index contributed by atoms with van der Waals surface area (Å²) < 4.78 is 37.8. The molecule has 122 valence electrons. The second kappa shape index (κ2) is 6.46. The highest BCUT2D eigenvalue weighted by Gasteiger charge is 2.33. The van der Waals surface area contributed by atoms with Gasteiger partial charge in [0.25, 0.3) is 5.91 Å². The molecule has 1 atom stereocenters. The van der Waals surface area contributed by atoms with Crippen LogP contribution in [0.4, 0.5) is 13.2 Å². The number of rotatable bonds is 3. The summed E-state index contributed by atoms with van der Waals surface area (Å²) in [6.45, 7) is 2.09. The largest absolute Gasteiger partial charge is 0.416 e. The van der Waals surface area contributed by atoms with E-state index in [1.54, 1.807) is 4.90 Å². The van der Waals surface area contributed by atoms with Gasteiger partial charge in [0.15, 0.2) is 0 Å². The van der Waals surface area contributed by atoms with Crippen molar-refractivity contribution in [2.45, 2.75) is 12.6 Å². The molecule has 1 aliphatic rings. The van der Waals surface area contributed by atoms with E-state index in [1.807, 2.05) is 14.1 Å². The third kappa shape index (κ3) is 3.93. The molecule has 1 fully saturated rings. The molecule has 0 aliphatic carbocycles. The van der Waals surface area contributed by atoms with Gasteiger partial charge in [-0.3, -0.25) is 4.79 Å². The third-order valence-corrected chi connectivity index (χ3v) is 4.04. The number of halogens is 4. The van der Waals surface area contributed by atoms with Crippen LogP contribution in [0.5, 0.6) is 0 Å². The zero-order valence-electron chi connectivity index (χ0n) is 12.5. The fourth-order valence-electron chi connectivity index (χ4n) is 2.72. The molecule has 22 heavy (non-hydrogen) atoms. The van der Waals surface area contributed by atoms with Crippen LogP contribution in [0, 0.1) is 5.92 Å². The molecule has 1 aliphatic heterocycles. The molecule has 3 nitrogen and oxygen atoms in total. The molecule has 0 spiro atoms. The SMILES string of the molecule is CN(C)C[C@H]1CCN(C(=O)c2ccc(C(F)(F)F)cc2Cl)C1. The number of benzene rings is 1. The standard InChI is InChI=1S/C15H18ClF3N2O/c1-20(2)8-10-5-6-21(9-10)14(22)12-4-3-11(7-13(12)16)15(17,18)19/h3-4,7,10H,5-6,8-9H2,1-2H3/t10-/m1/s1. The highest BCUT2D eigenvalue weighted by Crippen LogP contribution is 2.32. The first kappa shape index (κ1) is 17.1. The van der Waals surface area contributed by atoms with Crippen molar-refractivity contribution in [2.24, 2.45) is 5.92 Å². The van der Waals surface area contributed by atoms with E-state index in [0.29, 0.717) is 19.0 Å².